The molecule has 0 fully saturated rings. The number of rotatable bonds is 2. The summed E-state index contributed by atoms with van der Waals surface area (Å²) < 4.78 is 0. The Morgan fingerprint density at radius 3 is 2.80 bits per heavy atom. The number of H-pyrrole nitrogens is 1. The Bertz CT molecular complexity index is 559. The number of carboxylic acid groups (broad SMARTS) is 1. The highest BCUT2D eigenvalue weighted by molar-refractivity contribution is 5.99. The molecule has 0 atom stereocenters. The van der Waals surface area contributed by atoms with Crippen LogP contribution in [0.15, 0.2) is 23.3 Å². The van der Waals surface area contributed by atoms with Crippen LogP contribution in [0.1, 0.15) is 10.4 Å². The van der Waals surface area contributed by atoms with Crippen molar-refractivity contribution in [2.75, 3.05) is 0 Å². The van der Waals surface area contributed by atoms with Crippen molar-refractivity contribution in [3.05, 3.63) is 23.8 Å². The van der Waals surface area contributed by atoms with Crippen molar-refractivity contribution in [3.8, 4) is 5.88 Å². The number of carbonyl (C=O) groups is 1. The largest absolute Gasteiger partial charge is 0.493 e. The lowest BCUT2D eigenvalue weighted by Gasteiger charge is -1.94. The molecular weight excluding hydrogens is 198 g/mol. The molecule has 6 nitrogen and oxygen atoms in total. The van der Waals surface area contributed by atoms with Gasteiger partial charge in [-0.1, -0.05) is 0 Å². The average Bonchev–Trinajstić information content (AvgIpc) is 2.51. The van der Waals surface area contributed by atoms with Gasteiger partial charge in [0.1, 0.15) is 0 Å². The average molecular weight is 205 g/mol. The Balaban J connectivity index is 2.78. The number of benzene rings is 1. The first-order valence-electron chi connectivity index (χ1n) is 4.09. The van der Waals surface area contributed by atoms with Gasteiger partial charge in [-0.15, -0.1) is 0 Å². The zero-order valence-electron chi connectivity index (χ0n) is 7.48. The van der Waals surface area contributed by atoms with E-state index in [9.17, 15) is 9.90 Å². The van der Waals surface area contributed by atoms with Crippen LogP contribution in [0.5, 0.6) is 5.88 Å². The van der Waals surface area contributed by atoms with Gasteiger partial charge in [0.25, 0.3) is 0 Å². The van der Waals surface area contributed by atoms with Crippen LogP contribution in [0.4, 0.5) is 5.69 Å². The van der Waals surface area contributed by atoms with Gasteiger partial charge in [0.2, 0.25) is 5.88 Å². The number of aromatic carboxylic acids is 1. The molecule has 0 aliphatic rings. The molecule has 6 heteroatoms. The summed E-state index contributed by atoms with van der Waals surface area (Å²) in [5, 5.41) is 21.7. The van der Waals surface area contributed by atoms with Crippen LogP contribution in [0.3, 0.4) is 0 Å². The third kappa shape index (κ3) is 1.32. The Morgan fingerprint density at radius 2 is 2.20 bits per heavy atom. The molecule has 0 aliphatic heterocycles. The molecule has 15 heavy (non-hydrogen) atoms. The maximum Gasteiger partial charge on any atom is 0.335 e. The highest BCUT2D eigenvalue weighted by atomic mass is 16.4. The van der Waals surface area contributed by atoms with Gasteiger partial charge < -0.3 is 15.2 Å². The molecule has 0 saturated carbocycles. The van der Waals surface area contributed by atoms with E-state index in [0.717, 1.165) is 0 Å². The molecule has 0 aliphatic carbocycles. The Labute approximate surface area is 83.7 Å². The predicted molar refractivity (Wildman–Crippen MR) is 51.7 cm³/mol. The molecular formula is C9H7N3O3. The van der Waals surface area contributed by atoms with Crippen molar-refractivity contribution in [2.24, 2.45) is 5.11 Å². The second kappa shape index (κ2) is 3.09. The van der Waals surface area contributed by atoms with Crippen LogP contribution in [0.25, 0.3) is 10.9 Å². The van der Waals surface area contributed by atoms with Gasteiger partial charge in [-0.25, -0.2) is 10.3 Å². The van der Waals surface area contributed by atoms with Crippen LogP contribution in [-0.4, -0.2) is 21.2 Å². The van der Waals surface area contributed by atoms with Crippen LogP contribution < -0.4 is 0 Å². The lowest BCUT2D eigenvalue weighted by atomic mass is 10.1. The molecule has 2 rings (SSSR count). The van der Waals surface area contributed by atoms with E-state index in [2.05, 4.69) is 10.1 Å². The minimum Gasteiger partial charge on any atom is -0.493 e. The summed E-state index contributed by atoms with van der Waals surface area (Å²) in [7, 11) is 0. The zero-order valence-corrected chi connectivity index (χ0v) is 7.48. The van der Waals surface area contributed by atoms with Gasteiger partial charge in [0.15, 0.2) is 5.69 Å². The van der Waals surface area contributed by atoms with Crippen molar-refractivity contribution >= 4 is 22.6 Å². The highest BCUT2D eigenvalue weighted by Crippen LogP contribution is 2.35. The smallest absolute Gasteiger partial charge is 0.335 e. The van der Waals surface area contributed by atoms with Gasteiger partial charge in [-0.2, -0.15) is 5.11 Å². The summed E-state index contributed by atoms with van der Waals surface area (Å²) in [6.45, 7) is 0. The molecule has 0 spiro atoms. The fourth-order valence-electron chi connectivity index (χ4n) is 1.41. The zero-order chi connectivity index (χ0) is 11.0. The van der Waals surface area contributed by atoms with E-state index in [1.54, 1.807) is 0 Å². The number of hydrogen-bond donors (Lipinski definition) is 4. The summed E-state index contributed by atoms with van der Waals surface area (Å²) in [5.74, 6) is -1.30. The molecule has 2 aromatic rings. The minimum absolute atomic E-state index is 0.0492. The van der Waals surface area contributed by atoms with Crippen LogP contribution in [-0.2, 0) is 0 Å². The fourth-order valence-corrected chi connectivity index (χ4v) is 1.41. The van der Waals surface area contributed by atoms with Crippen LogP contribution >= 0.6 is 0 Å². The summed E-state index contributed by atoms with van der Waals surface area (Å²) in [6.07, 6.45) is 0. The van der Waals surface area contributed by atoms with Gasteiger partial charge in [0.05, 0.1) is 11.1 Å². The van der Waals surface area contributed by atoms with Gasteiger partial charge in [-0.3, -0.25) is 0 Å². The van der Waals surface area contributed by atoms with E-state index in [4.69, 9.17) is 10.6 Å². The van der Waals surface area contributed by atoms with Gasteiger partial charge >= 0.3 is 5.97 Å². The second-order valence-corrected chi connectivity index (χ2v) is 3.00. The normalized spacial score (nSPS) is 10.4. The number of aromatic amines is 1. The van der Waals surface area contributed by atoms with Gasteiger partial charge in [0, 0.05) is 5.39 Å². The SMILES string of the molecule is N=Nc1c(O)[nH]c2ccc(C(=O)O)cc12. The maximum atomic E-state index is 10.7. The highest BCUT2D eigenvalue weighted by Gasteiger charge is 2.12. The molecule has 0 unspecified atom stereocenters. The lowest BCUT2D eigenvalue weighted by Crippen LogP contribution is -1.94. The number of aromatic nitrogens is 1. The number of nitrogens with one attached hydrogen (secondary N) is 2. The Hall–Kier alpha value is -2.37. The minimum atomic E-state index is -1.06. The summed E-state index contributed by atoms with van der Waals surface area (Å²) in [5.41, 5.74) is 7.54. The number of nitrogens with zero attached hydrogens (tertiary/aromatic N) is 1. The number of carboxylic acids is 1. The quantitative estimate of drug-likeness (QED) is 0.564. The first kappa shape index (κ1) is 9.20. The molecule has 0 bridgehead atoms. The summed E-state index contributed by atoms with van der Waals surface area (Å²) in [4.78, 5) is 13.3. The molecule has 1 aromatic heterocycles. The van der Waals surface area contributed by atoms with Crippen LogP contribution in [0, 0.1) is 5.53 Å². The van der Waals surface area contributed by atoms with E-state index in [0.29, 0.717) is 10.9 Å². The van der Waals surface area contributed by atoms with E-state index in [-0.39, 0.29) is 17.1 Å². The molecule has 1 heterocycles. The Kier molecular flexibility index (Phi) is 1.89. The topological polar surface area (TPSA) is 110 Å². The third-order valence-electron chi connectivity index (χ3n) is 2.11. The van der Waals surface area contributed by atoms with E-state index >= 15 is 0 Å². The van der Waals surface area contributed by atoms with Gasteiger partial charge in [-0.05, 0) is 18.2 Å². The molecule has 0 radical (unpaired) electrons. The van der Waals surface area contributed by atoms with Crippen molar-refractivity contribution < 1.29 is 15.0 Å². The molecule has 1 aromatic carbocycles. The number of fused-ring (bicyclic) bond motifs is 1. The summed E-state index contributed by atoms with van der Waals surface area (Å²) >= 11 is 0. The maximum absolute atomic E-state index is 10.7. The molecule has 4 N–H and O–H groups in total. The first-order valence-corrected chi connectivity index (χ1v) is 4.09. The van der Waals surface area contributed by atoms with E-state index in [1.807, 2.05) is 0 Å². The Morgan fingerprint density at radius 1 is 1.47 bits per heavy atom. The summed E-state index contributed by atoms with van der Waals surface area (Å²) in [6, 6.07) is 4.29. The van der Waals surface area contributed by atoms with Crippen molar-refractivity contribution in [1.82, 2.24) is 4.98 Å². The van der Waals surface area contributed by atoms with Crippen LogP contribution in [0.2, 0.25) is 0 Å². The number of hydrogen-bond acceptors (Lipinski definition) is 4. The fraction of sp³-hybridized carbons (Fsp3) is 0. The third-order valence-corrected chi connectivity index (χ3v) is 2.11. The van der Waals surface area contributed by atoms with E-state index < -0.39 is 5.97 Å². The monoisotopic (exact) mass is 205 g/mol. The van der Waals surface area contributed by atoms with Crippen molar-refractivity contribution in [3.63, 3.8) is 0 Å². The number of aromatic hydroxyl groups is 1. The molecule has 0 amide bonds. The predicted octanol–water partition coefficient (Wildman–Crippen LogP) is 2.23. The standard InChI is InChI=1S/C9H7N3O3/c10-12-7-5-3-4(9(14)15)1-2-6(5)11-8(7)13/h1-3,10-11,13H,(H,14,15). The lowest BCUT2D eigenvalue weighted by molar-refractivity contribution is 0.0697. The van der Waals surface area contributed by atoms with E-state index in [1.165, 1.54) is 18.2 Å². The van der Waals surface area contributed by atoms with Crippen molar-refractivity contribution in [2.45, 2.75) is 0 Å². The molecule has 76 valence electrons. The second-order valence-electron chi connectivity index (χ2n) is 3.00. The van der Waals surface area contributed by atoms with Crippen molar-refractivity contribution in [1.29, 1.82) is 5.53 Å². The first-order chi connectivity index (χ1) is 7.13. The molecule has 0 saturated heterocycles.